The number of Topliss-reactive ketones (excluding diaryl/α,β-unsaturated/α-hetero) is 1. The van der Waals surface area contributed by atoms with Gasteiger partial charge in [0.25, 0.3) is 0 Å². The largest absolute Gasteiger partial charge is 0.478 e. The molecule has 7 aliphatic rings. The van der Waals surface area contributed by atoms with Crippen molar-refractivity contribution in [3.8, 4) is 0 Å². The summed E-state index contributed by atoms with van der Waals surface area (Å²) in [6.45, 7) is 23.2. The predicted octanol–water partition coefficient (Wildman–Crippen LogP) is 7.74. The molecule has 0 amide bonds. The average molecular weight is 696 g/mol. The Morgan fingerprint density at radius 1 is 1.06 bits per heavy atom. The Morgan fingerprint density at radius 3 is 2.43 bits per heavy atom. The minimum atomic E-state index is -1.35. The quantitative estimate of drug-likeness (QED) is 0.222. The van der Waals surface area contributed by atoms with Gasteiger partial charge < -0.3 is 29.4 Å². The van der Waals surface area contributed by atoms with Crippen molar-refractivity contribution in [2.24, 2.45) is 28.6 Å². The minimum Gasteiger partial charge on any atom is -0.478 e. The molecule has 8 heteroatoms. The van der Waals surface area contributed by atoms with Crippen LogP contribution in [0.25, 0.3) is 16.5 Å². The van der Waals surface area contributed by atoms with Gasteiger partial charge in [-0.1, -0.05) is 32.9 Å². The Bertz CT molecular complexity index is 2080. The van der Waals surface area contributed by atoms with Crippen LogP contribution in [0.5, 0.6) is 0 Å². The number of nitrogens with zero attached hydrogens (tertiary/aromatic N) is 1. The Kier molecular flexibility index (Phi) is 6.44. The molecular formula is C43H53NO7. The SMILES string of the molecule is C=C(C)[C@H]1C(=O)c2c3c(cc4c5c(n1c24)C1(C)C(CCC2[C@]4(C)CC(/C=C(\C)C(=O)O)OC4(O)CC[C@@]21C)C5)C1=CC(C)(C)OC(C)(C)C1[C@@H]3O. The maximum Gasteiger partial charge on any atom is 0.331 e. The number of carbonyl (C=O) groups excluding carboxylic acids is 1. The number of hydrogen-bond donors (Lipinski definition) is 3. The molecule has 1 aromatic heterocycles. The summed E-state index contributed by atoms with van der Waals surface area (Å²) in [4.78, 5) is 26.6. The van der Waals surface area contributed by atoms with Gasteiger partial charge in [-0.25, -0.2) is 4.79 Å². The van der Waals surface area contributed by atoms with Crippen molar-refractivity contribution in [1.29, 1.82) is 0 Å². The second-order valence-corrected chi connectivity index (χ2v) is 19.1. The summed E-state index contributed by atoms with van der Waals surface area (Å²) in [6, 6.07) is 1.74. The molecule has 2 aromatic rings. The van der Waals surface area contributed by atoms with Gasteiger partial charge in [-0.3, -0.25) is 4.79 Å². The summed E-state index contributed by atoms with van der Waals surface area (Å²) in [5, 5.41) is 35.1. The molecule has 8 nitrogen and oxygen atoms in total. The first kappa shape index (κ1) is 33.8. The van der Waals surface area contributed by atoms with Crippen LogP contribution in [0.4, 0.5) is 0 Å². The normalized spacial score (nSPS) is 42.5. The monoisotopic (exact) mass is 695 g/mol. The molecule has 3 aliphatic heterocycles. The number of aromatic nitrogens is 1. The summed E-state index contributed by atoms with van der Waals surface area (Å²) in [7, 11) is 0. The Labute approximate surface area is 300 Å². The lowest BCUT2D eigenvalue weighted by Crippen LogP contribution is -2.65. The lowest BCUT2D eigenvalue weighted by atomic mass is 9.40. The Hall–Kier alpha value is -3.04. The van der Waals surface area contributed by atoms with Crippen LogP contribution in [0.15, 0.2) is 35.9 Å². The zero-order chi connectivity index (χ0) is 36.7. The van der Waals surface area contributed by atoms with E-state index in [1.54, 1.807) is 13.0 Å². The molecule has 4 heterocycles. The first-order chi connectivity index (χ1) is 23.6. The molecule has 10 atom stereocenters. The fourth-order valence-electron chi connectivity index (χ4n) is 13.6. The molecule has 0 spiro atoms. The van der Waals surface area contributed by atoms with Crippen molar-refractivity contribution in [2.75, 3.05) is 0 Å². The van der Waals surface area contributed by atoms with Crippen molar-refractivity contribution in [3.63, 3.8) is 0 Å². The molecule has 0 radical (unpaired) electrons. The number of fused-ring (bicyclic) bond motifs is 13. The first-order valence-electron chi connectivity index (χ1n) is 19.0. The Balaban J connectivity index is 1.25. The minimum absolute atomic E-state index is 0.0144. The molecule has 51 heavy (non-hydrogen) atoms. The number of ketones is 1. The van der Waals surface area contributed by atoms with Crippen LogP contribution in [0, 0.1) is 28.6 Å². The highest BCUT2D eigenvalue weighted by Crippen LogP contribution is 2.74. The van der Waals surface area contributed by atoms with Crippen LogP contribution in [-0.4, -0.2) is 54.7 Å². The fourth-order valence-corrected chi connectivity index (χ4v) is 13.6. The molecule has 2 saturated carbocycles. The number of carboxylic acid groups (broad SMARTS) is 1. The van der Waals surface area contributed by atoms with E-state index in [1.807, 2.05) is 20.8 Å². The average Bonchev–Trinajstić information content (AvgIpc) is 3.73. The number of rotatable bonds is 3. The molecule has 1 saturated heterocycles. The highest BCUT2D eigenvalue weighted by molar-refractivity contribution is 6.18. The van der Waals surface area contributed by atoms with Gasteiger partial charge in [-0.15, -0.1) is 0 Å². The third-order valence-corrected chi connectivity index (χ3v) is 15.6. The molecular weight excluding hydrogens is 642 g/mol. The van der Waals surface area contributed by atoms with Gasteiger partial charge in [0.15, 0.2) is 11.6 Å². The number of hydrogen-bond acceptors (Lipinski definition) is 6. The Morgan fingerprint density at radius 2 is 1.76 bits per heavy atom. The zero-order valence-electron chi connectivity index (χ0n) is 31.6. The number of ether oxygens (including phenoxy) is 2. The van der Waals surface area contributed by atoms with E-state index in [0.29, 0.717) is 24.3 Å². The highest BCUT2D eigenvalue weighted by Gasteiger charge is 2.73. The van der Waals surface area contributed by atoms with Gasteiger partial charge in [0.1, 0.15) is 6.04 Å². The van der Waals surface area contributed by atoms with Crippen LogP contribution in [0.1, 0.15) is 139 Å². The van der Waals surface area contributed by atoms with Gasteiger partial charge in [-0.05, 0) is 126 Å². The van der Waals surface area contributed by atoms with Crippen LogP contribution in [-0.2, 0) is 26.1 Å². The van der Waals surface area contributed by atoms with Crippen LogP contribution >= 0.6 is 0 Å². The van der Waals surface area contributed by atoms with E-state index in [0.717, 1.165) is 58.9 Å². The van der Waals surface area contributed by atoms with Crippen LogP contribution in [0.2, 0.25) is 0 Å². The standard InChI is InChI=1S/C43H53NO7/c1-20(2)32-35(46)30-29-24(27-19-38(4,5)51-39(6,7)31(27)34(29)45)17-25-26-16-22-11-12-28-40(8,42(22,10)36(26)44(32)33(25)30)13-14-43(49)41(28,9)18-23(50-43)15-21(3)37(47)48/h15,17,19,22-23,28,31-32,34,45,49H,1,11-14,16,18H2,2-10H3,(H,47,48)/b21-15+/t22?,23?,28?,31?,32-,34+,40-,41-,42?,43?/m0/s1. The number of allylic oxidation sites excluding steroid dienone is 1. The van der Waals surface area contributed by atoms with Gasteiger partial charge in [0, 0.05) is 45.4 Å². The maximum absolute atomic E-state index is 14.9. The summed E-state index contributed by atoms with van der Waals surface area (Å²) in [5.41, 5.74) is 5.65. The first-order valence-corrected chi connectivity index (χ1v) is 19.0. The maximum atomic E-state index is 14.9. The molecule has 6 unspecified atom stereocenters. The summed E-state index contributed by atoms with van der Waals surface area (Å²) in [5.74, 6) is -2.13. The zero-order valence-corrected chi connectivity index (χ0v) is 31.6. The van der Waals surface area contributed by atoms with Gasteiger partial charge in [0.05, 0.1) is 34.5 Å². The number of aliphatic hydroxyl groups excluding tert-OH is 1. The molecule has 3 fully saturated rings. The number of aliphatic hydroxyl groups is 2. The smallest absolute Gasteiger partial charge is 0.331 e. The molecule has 3 N–H and O–H groups in total. The summed E-state index contributed by atoms with van der Waals surface area (Å²) < 4.78 is 15.3. The van der Waals surface area contributed by atoms with Crippen molar-refractivity contribution in [3.05, 3.63) is 63.9 Å². The third kappa shape index (κ3) is 3.80. The van der Waals surface area contributed by atoms with Crippen LogP contribution in [0.3, 0.4) is 0 Å². The third-order valence-electron chi connectivity index (χ3n) is 15.6. The molecule has 0 bridgehead atoms. The predicted molar refractivity (Wildman–Crippen MR) is 194 cm³/mol. The highest BCUT2D eigenvalue weighted by atomic mass is 16.6. The van der Waals surface area contributed by atoms with E-state index < -0.39 is 46.6 Å². The second-order valence-electron chi connectivity index (χ2n) is 19.1. The van der Waals surface area contributed by atoms with E-state index in [2.05, 4.69) is 57.9 Å². The number of aliphatic carboxylic acids is 1. The topological polar surface area (TPSA) is 118 Å². The summed E-state index contributed by atoms with van der Waals surface area (Å²) in [6.07, 6.45) is 7.10. The van der Waals surface area contributed by atoms with Crippen molar-refractivity contribution in [2.45, 2.75) is 141 Å². The van der Waals surface area contributed by atoms with Gasteiger partial charge >= 0.3 is 5.97 Å². The second kappa shape index (κ2) is 9.73. The molecule has 1 aromatic carbocycles. The molecule has 4 aliphatic carbocycles. The van der Waals surface area contributed by atoms with Crippen molar-refractivity contribution >= 4 is 28.2 Å². The molecule has 9 rings (SSSR count). The van der Waals surface area contributed by atoms with Crippen molar-refractivity contribution < 1.29 is 34.4 Å². The summed E-state index contributed by atoms with van der Waals surface area (Å²) >= 11 is 0. The lowest BCUT2D eigenvalue weighted by molar-refractivity contribution is -0.294. The van der Waals surface area contributed by atoms with Crippen molar-refractivity contribution in [1.82, 2.24) is 4.57 Å². The van der Waals surface area contributed by atoms with Gasteiger partial charge in [-0.2, -0.15) is 0 Å². The lowest BCUT2D eigenvalue weighted by Gasteiger charge is -2.65. The van der Waals surface area contributed by atoms with E-state index in [1.165, 1.54) is 11.3 Å². The number of carbonyl (C=O) groups is 2. The number of benzene rings is 1. The fraction of sp³-hybridized carbons (Fsp3) is 0.628. The van der Waals surface area contributed by atoms with Gasteiger partial charge in [0.2, 0.25) is 0 Å². The van der Waals surface area contributed by atoms with E-state index >= 15 is 0 Å². The van der Waals surface area contributed by atoms with Crippen LogP contribution < -0.4 is 0 Å². The van der Waals surface area contributed by atoms with E-state index in [4.69, 9.17) is 9.47 Å². The molecule has 272 valence electrons. The van der Waals surface area contributed by atoms with E-state index in [9.17, 15) is 24.9 Å². The van der Waals surface area contributed by atoms with E-state index in [-0.39, 0.29) is 34.0 Å². The number of carboxylic acids is 1.